The Morgan fingerprint density at radius 3 is 1.54 bits per heavy atom. The highest BCUT2D eigenvalue weighted by Gasteiger charge is 2.01. The molecule has 28 heavy (non-hydrogen) atoms. The van der Waals surface area contributed by atoms with E-state index >= 15 is 0 Å². The minimum atomic E-state index is -0.233. The molecule has 2 aromatic rings. The maximum Gasteiger partial charge on any atom is 0.178 e. The van der Waals surface area contributed by atoms with Crippen molar-refractivity contribution in [1.29, 1.82) is 0 Å². The van der Waals surface area contributed by atoms with E-state index in [-0.39, 0.29) is 17.3 Å². The third kappa shape index (κ3) is 6.44. The van der Waals surface area contributed by atoms with Crippen LogP contribution in [-0.4, -0.2) is 16.0 Å². The molecule has 2 aromatic carbocycles. The van der Waals surface area contributed by atoms with Crippen LogP contribution >= 0.6 is 0 Å². The Balaban J connectivity index is 2.05. The Bertz CT molecular complexity index is 855. The zero-order chi connectivity index (χ0) is 20.4. The van der Waals surface area contributed by atoms with Crippen LogP contribution in [-0.2, 0) is 4.79 Å². The van der Waals surface area contributed by atoms with Crippen molar-refractivity contribution in [2.75, 3.05) is 0 Å². The maximum atomic E-state index is 12.1. The molecule has 0 aliphatic carbocycles. The summed E-state index contributed by atoms with van der Waals surface area (Å²) in [5.41, 5.74) is 2.97. The number of benzene rings is 2. The lowest BCUT2D eigenvalue weighted by molar-refractivity contribution is -0.110. The zero-order valence-electron chi connectivity index (χ0n) is 16.3. The van der Waals surface area contributed by atoms with Crippen molar-refractivity contribution in [3.63, 3.8) is 0 Å². The van der Waals surface area contributed by atoms with Gasteiger partial charge in [-0.1, -0.05) is 62.4 Å². The SMILES string of the molecule is CC/C=C/c1ccc(/C=C/C(=O)/C=C/c2ccc(/C=C/CC)cc2O)c(O)c1. The number of allylic oxidation sites excluding steroid dienone is 4. The fraction of sp³-hybridized carbons (Fsp3) is 0.160. The summed E-state index contributed by atoms with van der Waals surface area (Å²) in [6, 6.07) is 10.6. The Labute approximate surface area is 166 Å². The van der Waals surface area contributed by atoms with Crippen LogP contribution in [0, 0.1) is 0 Å². The summed E-state index contributed by atoms with van der Waals surface area (Å²) in [4.78, 5) is 12.1. The molecule has 0 heterocycles. The number of carbonyl (C=O) groups excluding carboxylic acids is 1. The molecule has 0 fully saturated rings. The minimum Gasteiger partial charge on any atom is -0.507 e. The lowest BCUT2D eigenvalue weighted by Gasteiger charge is -2.01. The first-order valence-corrected chi connectivity index (χ1v) is 9.42. The van der Waals surface area contributed by atoms with Crippen LogP contribution in [0.15, 0.2) is 60.7 Å². The van der Waals surface area contributed by atoms with Crippen LogP contribution in [0.1, 0.15) is 48.9 Å². The molecule has 0 atom stereocenters. The van der Waals surface area contributed by atoms with Gasteiger partial charge in [0.2, 0.25) is 0 Å². The molecule has 2 rings (SSSR count). The van der Waals surface area contributed by atoms with Gasteiger partial charge in [-0.15, -0.1) is 0 Å². The molecule has 0 aliphatic rings. The molecule has 0 aromatic heterocycles. The Kier molecular flexibility index (Phi) is 8.04. The molecule has 0 saturated carbocycles. The van der Waals surface area contributed by atoms with E-state index in [1.807, 2.05) is 50.3 Å². The van der Waals surface area contributed by atoms with Gasteiger partial charge in [-0.25, -0.2) is 0 Å². The normalized spacial score (nSPS) is 12.1. The second-order valence-electron chi connectivity index (χ2n) is 6.33. The highest BCUT2D eigenvalue weighted by Crippen LogP contribution is 2.22. The molecule has 0 spiro atoms. The fourth-order valence-corrected chi connectivity index (χ4v) is 2.52. The van der Waals surface area contributed by atoms with E-state index in [2.05, 4.69) is 0 Å². The Hall–Kier alpha value is -3.33. The van der Waals surface area contributed by atoms with Gasteiger partial charge in [-0.05, 0) is 60.4 Å². The summed E-state index contributed by atoms with van der Waals surface area (Å²) in [6.45, 7) is 4.09. The third-order valence-electron chi connectivity index (χ3n) is 4.06. The average molecular weight is 374 g/mol. The number of aromatic hydroxyl groups is 2. The van der Waals surface area contributed by atoms with Crippen LogP contribution < -0.4 is 0 Å². The first-order chi connectivity index (χ1) is 13.5. The first-order valence-electron chi connectivity index (χ1n) is 9.42. The second kappa shape index (κ2) is 10.7. The van der Waals surface area contributed by atoms with E-state index in [4.69, 9.17) is 0 Å². The van der Waals surface area contributed by atoms with E-state index in [9.17, 15) is 15.0 Å². The summed E-state index contributed by atoms with van der Waals surface area (Å²) in [7, 11) is 0. The number of hydrogen-bond donors (Lipinski definition) is 2. The number of carbonyl (C=O) groups is 1. The van der Waals surface area contributed by atoms with Crippen LogP contribution in [0.2, 0.25) is 0 Å². The van der Waals surface area contributed by atoms with Crippen LogP contribution in [0.4, 0.5) is 0 Å². The van der Waals surface area contributed by atoms with Gasteiger partial charge < -0.3 is 10.2 Å². The molecule has 0 amide bonds. The van der Waals surface area contributed by atoms with Gasteiger partial charge in [0.05, 0.1) is 0 Å². The molecule has 0 aliphatic heterocycles. The molecule has 0 saturated heterocycles. The molecule has 0 bridgehead atoms. The molecular formula is C25H26O3. The van der Waals surface area contributed by atoms with Crippen LogP contribution in [0.3, 0.4) is 0 Å². The molecular weight excluding hydrogens is 348 g/mol. The highest BCUT2D eigenvalue weighted by molar-refractivity contribution is 6.04. The third-order valence-corrected chi connectivity index (χ3v) is 4.06. The molecule has 3 nitrogen and oxygen atoms in total. The van der Waals surface area contributed by atoms with Crippen molar-refractivity contribution in [2.45, 2.75) is 26.7 Å². The van der Waals surface area contributed by atoms with E-state index in [0.717, 1.165) is 24.0 Å². The summed E-state index contributed by atoms with van der Waals surface area (Å²) < 4.78 is 0. The fourth-order valence-electron chi connectivity index (χ4n) is 2.52. The lowest BCUT2D eigenvalue weighted by Crippen LogP contribution is -1.86. The number of phenols is 2. The van der Waals surface area contributed by atoms with Crippen molar-refractivity contribution in [1.82, 2.24) is 0 Å². The monoisotopic (exact) mass is 374 g/mol. The topological polar surface area (TPSA) is 57.5 Å². The summed E-state index contributed by atoms with van der Waals surface area (Å²) in [6.07, 6.45) is 15.7. The number of hydrogen-bond acceptors (Lipinski definition) is 3. The number of phenolic OH excluding ortho intramolecular Hbond substituents is 2. The van der Waals surface area contributed by atoms with E-state index < -0.39 is 0 Å². The lowest BCUT2D eigenvalue weighted by atomic mass is 10.1. The molecule has 0 radical (unpaired) electrons. The van der Waals surface area contributed by atoms with Gasteiger partial charge in [0, 0.05) is 11.1 Å². The van der Waals surface area contributed by atoms with Crippen molar-refractivity contribution in [2.24, 2.45) is 0 Å². The first kappa shape index (κ1) is 21.0. The van der Waals surface area contributed by atoms with Gasteiger partial charge in [-0.2, -0.15) is 0 Å². The van der Waals surface area contributed by atoms with Crippen molar-refractivity contribution in [3.05, 3.63) is 83.0 Å². The number of rotatable bonds is 8. The average Bonchev–Trinajstić information content (AvgIpc) is 2.69. The Morgan fingerprint density at radius 1 is 0.750 bits per heavy atom. The summed E-state index contributed by atoms with van der Waals surface area (Å²) in [5, 5.41) is 20.2. The van der Waals surface area contributed by atoms with Crippen LogP contribution in [0.5, 0.6) is 11.5 Å². The van der Waals surface area contributed by atoms with Gasteiger partial charge in [0.25, 0.3) is 0 Å². The Morgan fingerprint density at radius 2 is 1.18 bits per heavy atom. The van der Waals surface area contributed by atoms with Crippen molar-refractivity contribution < 1.29 is 15.0 Å². The quantitative estimate of drug-likeness (QED) is 0.538. The summed E-state index contributed by atoms with van der Waals surface area (Å²) >= 11 is 0. The van der Waals surface area contributed by atoms with Gasteiger partial charge in [0.1, 0.15) is 11.5 Å². The predicted octanol–water partition coefficient (Wildman–Crippen LogP) is 6.24. The van der Waals surface area contributed by atoms with E-state index in [1.165, 1.54) is 12.2 Å². The van der Waals surface area contributed by atoms with Gasteiger partial charge >= 0.3 is 0 Å². The molecule has 144 valence electrons. The zero-order valence-corrected chi connectivity index (χ0v) is 16.3. The molecule has 3 heteroatoms. The van der Waals surface area contributed by atoms with E-state index in [1.54, 1.807) is 36.4 Å². The highest BCUT2D eigenvalue weighted by atomic mass is 16.3. The van der Waals surface area contributed by atoms with Gasteiger partial charge in [-0.3, -0.25) is 4.79 Å². The van der Waals surface area contributed by atoms with Crippen LogP contribution in [0.25, 0.3) is 24.3 Å². The predicted molar refractivity (Wildman–Crippen MR) is 118 cm³/mol. The minimum absolute atomic E-state index is 0.125. The second-order valence-corrected chi connectivity index (χ2v) is 6.33. The molecule has 2 N–H and O–H groups in total. The maximum absolute atomic E-state index is 12.1. The standard InChI is InChI=1S/C25H26O3/c1-3-5-7-19-9-11-21(24(27)17-19)13-15-23(26)16-14-22-12-10-20(8-6-4-2)18-25(22)28/h5-18,27-28H,3-4H2,1-2H3/b7-5+,8-6+,15-13+,16-14+. The summed E-state index contributed by atoms with van der Waals surface area (Å²) in [5.74, 6) is 0.0167. The number of ketones is 1. The smallest absolute Gasteiger partial charge is 0.178 e. The van der Waals surface area contributed by atoms with Crippen molar-refractivity contribution >= 4 is 30.1 Å². The molecule has 0 unspecified atom stereocenters. The largest absolute Gasteiger partial charge is 0.507 e. The van der Waals surface area contributed by atoms with Crippen molar-refractivity contribution in [3.8, 4) is 11.5 Å². The van der Waals surface area contributed by atoms with Gasteiger partial charge in [0.15, 0.2) is 5.78 Å². The van der Waals surface area contributed by atoms with E-state index in [0.29, 0.717) is 11.1 Å².